The molecule has 0 fully saturated rings. The number of aromatic nitrogens is 1. The van der Waals surface area contributed by atoms with E-state index in [1.807, 2.05) is 159 Å². The fourth-order valence-corrected chi connectivity index (χ4v) is 11.1. The van der Waals surface area contributed by atoms with Gasteiger partial charge in [-0.05, 0) is 204 Å². The number of hydrogen-bond acceptors (Lipinski definition) is 25. The maximum absolute atomic E-state index is 11.3. The second-order valence-corrected chi connectivity index (χ2v) is 24.5. The fraction of sp³-hybridized carbons (Fsp3) is 0.312. The van der Waals surface area contributed by atoms with Crippen molar-refractivity contribution in [2.75, 3.05) is 64.2 Å². The van der Waals surface area contributed by atoms with E-state index in [1.54, 1.807) is 0 Å². The Morgan fingerprint density at radius 3 is 1.16 bits per heavy atom. The number of thiophene rings is 1. The molecule has 0 saturated carbocycles. The Morgan fingerprint density at radius 2 is 0.735 bits per heavy atom. The van der Waals surface area contributed by atoms with Crippen LogP contribution in [0.4, 0.5) is 61.3 Å². The van der Waals surface area contributed by atoms with E-state index in [2.05, 4.69) is 87.3 Å². The van der Waals surface area contributed by atoms with E-state index in [0.29, 0.717) is 99.2 Å². The number of fused-ring (bicyclic) bond motifs is 1. The molecule has 532 valence electrons. The van der Waals surface area contributed by atoms with Crippen LogP contribution in [0.2, 0.25) is 0 Å². The van der Waals surface area contributed by atoms with Crippen molar-refractivity contribution in [3.63, 3.8) is 0 Å². The van der Waals surface area contributed by atoms with Crippen LogP contribution in [0.5, 0.6) is 17.2 Å². The summed E-state index contributed by atoms with van der Waals surface area (Å²) in [5.74, 6) is 0.693. The molecule has 0 saturated heterocycles. The van der Waals surface area contributed by atoms with Crippen molar-refractivity contribution in [2.24, 2.45) is 51.1 Å². The number of benzene rings is 6. The number of azo groups is 5. The molecule has 0 aliphatic rings. The molecule has 0 aliphatic carbocycles. The number of likely N-dealkylation sites (N-methyl/N-ethyl adjacent to an activating group) is 1. The summed E-state index contributed by atoms with van der Waals surface area (Å²) in [5, 5.41) is 44.8. The van der Waals surface area contributed by atoms with Gasteiger partial charge in [0.05, 0.1) is 96.4 Å². The van der Waals surface area contributed by atoms with Crippen LogP contribution in [0.25, 0.3) is 9.53 Å². The number of anilines is 1. The van der Waals surface area contributed by atoms with Gasteiger partial charge in [0.2, 0.25) is 5.13 Å². The summed E-state index contributed by atoms with van der Waals surface area (Å²) in [4.78, 5) is 51.9. The number of rotatable bonds is 44. The van der Waals surface area contributed by atoms with Gasteiger partial charge in [-0.25, -0.2) is 24.2 Å². The normalized spacial score (nSPS) is 11.2. The van der Waals surface area contributed by atoms with E-state index in [0.717, 1.165) is 123 Å². The third kappa shape index (κ3) is 30.2. The topological polar surface area (TPSA) is 273 Å². The average Bonchev–Trinajstić information content (AvgIpc) is 1.66. The van der Waals surface area contributed by atoms with Crippen LogP contribution in [0.1, 0.15) is 96.0 Å². The van der Waals surface area contributed by atoms with Crippen LogP contribution >= 0.6 is 22.7 Å². The molecular weight excluding hydrogens is 1330 g/mol. The highest BCUT2D eigenvalue weighted by Crippen LogP contribution is 2.40. The van der Waals surface area contributed by atoms with Crippen LogP contribution in [0, 0.1) is 6.92 Å². The van der Waals surface area contributed by atoms with Crippen LogP contribution in [-0.2, 0) is 38.1 Å². The summed E-state index contributed by atoms with van der Waals surface area (Å²) < 4.78 is 38.3. The molecule has 6 aromatic carbocycles. The van der Waals surface area contributed by atoms with E-state index in [4.69, 9.17) is 33.2 Å². The molecule has 23 nitrogen and oxygen atoms in total. The molecule has 8 rings (SSSR count). The van der Waals surface area contributed by atoms with Crippen molar-refractivity contribution in [3.8, 4) is 17.2 Å². The van der Waals surface area contributed by atoms with Gasteiger partial charge in [0, 0.05) is 36.5 Å². The number of nitrogens with zero attached hydrogens (tertiary/aromatic N) is 12. The molecule has 0 aliphatic heterocycles. The van der Waals surface area contributed by atoms with E-state index in [-0.39, 0.29) is 5.97 Å². The predicted molar refractivity (Wildman–Crippen MR) is 401 cm³/mol. The standard InChI is InChI=1S/C39H40N6O6.C38H46N6O5S2/c1-4-38(46)50-26-8-6-24-48-35-19-14-32(15-20-35)41-40-30-10-12-31(13-11-30)42-44-34-18-23-37(29(3)28-34)45-43-33-16-21-36(22-17-33)49-25-7-9-27-51-39(47)5-2;1-4-35(45)48-26-15-13-11-9-7-8-10-12-14-25-47-32-22-18-30(19-23-32)40-42-34-28-33-37(51-34)39-38(50-33)43-41-29-16-20-31(21-17-29)44(6-3)24-27-49-36(46)5-2/h4-5,10-23,28H,1-2,6-9,24-27H2,3H3;4-5,16-23,28H,1-2,6-15,24-27H2,3H3. The maximum Gasteiger partial charge on any atom is 0.330 e. The maximum atomic E-state index is 11.3. The summed E-state index contributed by atoms with van der Waals surface area (Å²) >= 11 is 2.91. The number of thiazole rings is 1. The van der Waals surface area contributed by atoms with Gasteiger partial charge in [0.25, 0.3) is 0 Å². The number of esters is 4. The molecule has 0 unspecified atom stereocenters. The van der Waals surface area contributed by atoms with Crippen molar-refractivity contribution in [1.29, 1.82) is 0 Å². The first-order chi connectivity index (χ1) is 49.9. The van der Waals surface area contributed by atoms with Gasteiger partial charge < -0.3 is 38.1 Å². The van der Waals surface area contributed by atoms with Crippen LogP contribution < -0.4 is 19.1 Å². The minimum absolute atomic E-state index is 0.291. The molecule has 8 aromatic rings. The van der Waals surface area contributed by atoms with Gasteiger partial charge in [0.1, 0.15) is 33.7 Å². The van der Waals surface area contributed by atoms with Gasteiger partial charge in [-0.1, -0.05) is 93.9 Å². The number of aryl methyl sites for hydroxylation is 1. The zero-order chi connectivity index (χ0) is 72.2. The van der Waals surface area contributed by atoms with Gasteiger partial charge in [0.15, 0.2) is 0 Å². The highest BCUT2D eigenvalue weighted by Gasteiger charge is 2.11. The number of unbranched alkanes of at least 4 members (excludes halogenated alkanes) is 10. The Labute approximate surface area is 603 Å². The summed E-state index contributed by atoms with van der Waals surface area (Å²) in [6, 6.07) is 44.9. The molecule has 2 aromatic heterocycles. The lowest BCUT2D eigenvalue weighted by molar-refractivity contribution is -0.138. The lowest BCUT2D eigenvalue weighted by Crippen LogP contribution is -2.27. The Bertz CT molecular complexity index is 4050. The summed E-state index contributed by atoms with van der Waals surface area (Å²) in [5.41, 5.74) is 7.55. The highest BCUT2D eigenvalue weighted by atomic mass is 32.1. The Hall–Kier alpha value is -11.1. The van der Waals surface area contributed by atoms with E-state index >= 15 is 0 Å². The molecule has 0 radical (unpaired) electrons. The van der Waals surface area contributed by atoms with Gasteiger partial charge in [-0.15, -0.1) is 20.5 Å². The Kier molecular flexibility index (Phi) is 35.0. The Balaban J connectivity index is 0.000000286. The van der Waals surface area contributed by atoms with Crippen molar-refractivity contribution < 1.29 is 52.3 Å². The quantitative estimate of drug-likeness (QED) is 0.0113. The SMILES string of the molecule is C=CC(=O)OCCCCCCCCCCCOc1ccc(N=Nc2cc3sc(N=Nc4ccc(N(CC)CCOC(=O)C=C)cc4)nc3s2)cc1.C=CC(=O)OCCCCOc1ccc(N=Nc2ccc(N=Nc3ccc(N=Nc4ccc(OCCCCOC(=O)C=C)cc4)c(C)c3)cc2)cc1. The van der Waals surface area contributed by atoms with E-state index in [1.165, 1.54) is 60.9 Å². The minimum atomic E-state index is -0.422. The fourth-order valence-electron chi connectivity index (χ4n) is 9.21. The monoisotopic (exact) mass is 1420 g/mol. The van der Waals surface area contributed by atoms with Crippen molar-refractivity contribution >= 4 is 117 Å². The summed E-state index contributed by atoms with van der Waals surface area (Å²) in [6.45, 7) is 22.1. The Morgan fingerprint density at radius 1 is 0.392 bits per heavy atom. The molecule has 0 N–H and O–H groups in total. The summed E-state index contributed by atoms with van der Waals surface area (Å²) in [6.07, 6.45) is 17.9. The average molecular weight is 1420 g/mol. The lowest BCUT2D eigenvalue weighted by atomic mass is 10.1. The molecular formula is C77H86N12O11S2. The number of carbonyl (C=O) groups excluding carboxylic acids is 4. The minimum Gasteiger partial charge on any atom is -0.494 e. The van der Waals surface area contributed by atoms with E-state index in [9.17, 15) is 19.2 Å². The number of ether oxygens (including phenoxy) is 7. The van der Waals surface area contributed by atoms with Crippen molar-refractivity contribution in [2.45, 2.75) is 97.3 Å². The molecule has 2 heterocycles. The number of carbonyl (C=O) groups is 4. The third-order valence-corrected chi connectivity index (χ3v) is 16.7. The second-order valence-electron chi connectivity index (χ2n) is 22.4. The molecule has 25 heteroatoms. The molecule has 0 bridgehead atoms. The van der Waals surface area contributed by atoms with Crippen LogP contribution in [0.15, 0.2) is 247 Å². The lowest BCUT2D eigenvalue weighted by Gasteiger charge is -2.22. The molecule has 0 atom stereocenters. The first-order valence-corrected chi connectivity index (χ1v) is 35.4. The van der Waals surface area contributed by atoms with Gasteiger partial charge >= 0.3 is 23.9 Å². The van der Waals surface area contributed by atoms with Crippen molar-refractivity contribution in [3.05, 3.63) is 202 Å². The number of hydrogen-bond donors (Lipinski definition) is 0. The largest absolute Gasteiger partial charge is 0.494 e. The zero-order valence-corrected chi connectivity index (χ0v) is 59.4. The van der Waals surface area contributed by atoms with E-state index < -0.39 is 17.9 Å². The molecule has 102 heavy (non-hydrogen) atoms. The first-order valence-electron chi connectivity index (χ1n) is 33.8. The van der Waals surface area contributed by atoms with Crippen molar-refractivity contribution in [1.82, 2.24) is 4.98 Å². The van der Waals surface area contributed by atoms with Gasteiger partial charge in [-0.3, -0.25) is 0 Å². The van der Waals surface area contributed by atoms with Crippen LogP contribution in [-0.4, -0.2) is 88.2 Å². The summed E-state index contributed by atoms with van der Waals surface area (Å²) in [7, 11) is 0. The third-order valence-electron chi connectivity index (χ3n) is 14.7. The van der Waals surface area contributed by atoms with Crippen LogP contribution in [0.3, 0.4) is 0 Å². The smallest absolute Gasteiger partial charge is 0.330 e. The van der Waals surface area contributed by atoms with Gasteiger partial charge in [-0.2, -0.15) is 30.7 Å². The predicted octanol–water partition coefficient (Wildman–Crippen LogP) is 22.4. The molecule has 0 spiro atoms. The first kappa shape index (κ1) is 78.3. The zero-order valence-electron chi connectivity index (χ0n) is 57.7. The second kappa shape index (κ2) is 45.6. The highest BCUT2D eigenvalue weighted by molar-refractivity contribution is 7.30. The molecule has 0 amide bonds.